The van der Waals surface area contributed by atoms with E-state index in [0.29, 0.717) is 23.6 Å². The number of imidazole rings is 1. The molecule has 2 aromatic carbocycles. The minimum Gasteiger partial charge on any atom is -0.491 e. The Hall–Kier alpha value is -3.22. The van der Waals surface area contributed by atoms with Crippen molar-refractivity contribution >= 4 is 28.6 Å². The molecule has 7 heteroatoms. The summed E-state index contributed by atoms with van der Waals surface area (Å²) in [6.07, 6.45) is 3.57. The largest absolute Gasteiger partial charge is 0.491 e. The lowest BCUT2D eigenvalue weighted by atomic mass is 9.80. The number of aliphatic carboxylic acids is 1. The molecule has 7 nitrogen and oxygen atoms in total. The number of nitrogens with zero attached hydrogens (tertiary/aromatic N) is 2. The van der Waals surface area contributed by atoms with Crippen molar-refractivity contribution in [2.45, 2.75) is 59.1 Å². The Balaban J connectivity index is 1.68. The van der Waals surface area contributed by atoms with Crippen LogP contribution in [0.2, 0.25) is 0 Å². The van der Waals surface area contributed by atoms with Crippen molar-refractivity contribution in [3.05, 3.63) is 42.5 Å². The van der Waals surface area contributed by atoms with E-state index >= 15 is 0 Å². The van der Waals surface area contributed by atoms with Crippen LogP contribution in [0.5, 0.6) is 11.5 Å². The smallest absolute Gasteiger partial charge is 0.341 e. The molecule has 1 heterocycles. The Labute approximate surface area is 194 Å². The van der Waals surface area contributed by atoms with E-state index in [1.54, 1.807) is 0 Å². The van der Waals surface area contributed by atoms with Gasteiger partial charge in [0.2, 0.25) is 5.95 Å². The van der Waals surface area contributed by atoms with Crippen LogP contribution in [-0.2, 0) is 4.79 Å². The molecule has 1 fully saturated rings. The average Bonchev–Trinajstić information content (AvgIpc) is 3.09. The number of carbonyl (C=O) groups is 1. The van der Waals surface area contributed by atoms with Gasteiger partial charge in [-0.15, -0.1) is 0 Å². The molecule has 176 valence electrons. The minimum absolute atomic E-state index is 0.126. The number of anilines is 2. The third-order valence-corrected chi connectivity index (χ3v) is 6.02. The molecule has 2 atom stereocenters. The molecule has 33 heavy (non-hydrogen) atoms. The van der Waals surface area contributed by atoms with Crippen molar-refractivity contribution in [1.82, 2.24) is 9.55 Å². The van der Waals surface area contributed by atoms with Crippen LogP contribution in [0.15, 0.2) is 42.5 Å². The van der Waals surface area contributed by atoms with Crippen molar-refractivity contribution in [3.63, 3.8) is 0 Å². The van der Waals surface area contributed by atoms with Gasteiger partial charge >= 0.3 is 5.97 Å². The predicted octanol–water partition coefficient (Wildman–Crippen LogP) is 6.03. The molecule has 1 aliphatic carbocycles. The Morgan fingerprint density at radius 2 is 1.76 bits per heavy atom. The summed E-state index contributed by atoms with van der Waals surface area (Å²) in [6.45, 7) is 8.28. The molecule has 1 saturated carbocycles. The highest BCUT2D eigenvalue weighted by atomic mass is 16.5. The Morgan fingerprint density at radius 3 is 2.39 bits per heavy atom. The molecule has 0 bridgehead atoms. The fourth-order valence-electron chi connectivity index (χ4n) is 4.90. The van der Waals surface area contributed by atoms with Crippen LogP contribution in [0.4, 0.5) is 11.6 Å². The number of hydrogen-bond acceptors (Lipinski definition) is 5. The van der Waals surface area contributed by atoms with Gasteiger partial charge in [0.15, 0.2) is 6.61 Å². The van der Waals surface area contributed by atoms with Crippen LogP contribution in [0.3, 0.4) is 0 Å². The van der Waals surface area contributed by atoms with E-state index in [4.69, 9.17) is 19.6 Å². The van der Waals surface area contributed by atoms with Gasteiger partial charge in [-0.05, 0) is 81.3 Å². The zero-order valence-corrected chi connectivity index (χ0v) is 19.7. The first kappa shape index (κ1) is 23.0. The van der Waals surface area contributed by atoms with Gasteiger partial charge in [-0.2, -0.15) is 0 Å². The maximum Gasteiger partial charge on any atom is 0.341 e. The molecule has 0 amide bonds. The predicted molar refractivity (Wildman–Crippen MR) is 130 cm³/mol. The molecule has 0 spiro atoms. The fourth-order valence-corrected chi connectivity index (χ4v) is 4.90. The first-order chi connectivity index (χ1) is 15.8. The van der Waals surface area contributed by atoms with Crippen molar-refractivity contribution < 1.29 is 19.4 Å². The van der Waals surface area contributed by atoms with E-state index in [1.165, 1.54) is 6.42 Å². The molecular weight excluding hydrogens is 418 g/mol. The number of aromatic nitrogens is 2. The van der Waals surface area contributed by atoms with Crippen LogP contribution in [-0.4, -0.2) is 33.3 Å². The third kappa shape index (κ3) is 5.59. The molecule has 4 rings (SSSR count). The zero-order valence-electron chi connectivity index (χ0n) is 19.7. The Kier molecular flexibility index (Phi) is 6.77. The summed E-state index contributed by atoms with van der Waals surface area (Å²) in [5.41, 5.74) is 2.74. The van der Waals surface area contributed by atoms with Gasteiger partial charge in [0.1, 0.15) is 11.5 Å². The number of fused-ring (bicyclic) bond motifs is 1. The molecule has 1 aliphatic rings. The molecule has 2 unspecified atom stereocenters. The Morgan fingerprint density at radius 1 is 1.09 bits per heavy atom. The van der Waals surface area contributed by atoms with E-state index in [2.05, 4.69) is 23.7 Å². The number of ether oxygens (including phenoxy) is 2. The fraction of sp³-hybridized carbons (Fsp3) is 0.462. The van der Waals surface area contributed by atoms with Crippen LogP contribution in [0, 0.1) is 11.8 Å². The molecule has 1 aromatic heterocycles. The number of nitrogens with one attached hydrogen (secondary N) is 1. The van der Waals surface area contributed by atoms with E-state index in [0.717, 1.165) is 41.3 Å². The zero-order chi connectivity index (χ0) is 23.5. The topological polar surface area (TPSA) is 85.6 Å². The maximum atomic E-state index is 10.9. The van der Waals surface area contributed by atoms with Gasteiger partial charge in [0, 0.05) is 17.8 Å². The number of benzene rings is 2. The minimum atomic E-state index is -1.00. The van der Waals surface area contributed by atoms with Crippen LogP contribution in [0.25, 0.3) is 11.0 Å². The SMILES string of the molecule is CC1CC(C)CC(n2c(Nc3ccc(OC(C)C)cc3)nc3cc(OCC(=O)O)ccc32)C1. The van der Waals surface area contributed by atoms with Gasteiger partial charge in [-0.3, -0.25) is 0 Å². The van der Waals surface area contributed by atoms with Crippen LogP contribution >= 0.6 is 0 Å². The number of rotatable bonds is 8. The molecule has 3 aromatic rings. The number of hydrogen-bond donors (Lipinski definition) is 2. The lowest BCUT2D eigenvalue weighted by Crippen LogP contribution is -2.23. The van der Waals surface area contributed by atoms with Crippen molar-refractivity contribution in [3.8, 4) is 11.5 Å². The summed E-state index contributed by atoms with van der Waals surface area (Å²) in [4.78, 5) is 15.8. The van der Waals surface area contributed by atoms with Crippen LogP contribution < -0.4 is 14.8 Å². The van der Waals surface area contributed by atoms with Crippen molar-refractivity contribution in [2.75, 3.05) is 11.9 Å². The summed E-state index contributed by atoms with van der Waals surface area (Å²) in [5, 5.41) is 12.4. The summed E-state index contributed by atoms with van der Waals surface area (Å²) in [7, 11) is 0. The lowest BCUT2D eigenvalue weighted by molar-refractivity contribution is -0.139. The Bertz CT molecular complexity index is 1100. The highest BCUT2D eigenvalue weighted by Crippen LogP contribution is 2.40. The van der Waals surface area contributed by atoms with E-state index in [-0.39, 0.29) is 12.7 Å². The lowest BCUT2D eigenvalue weighted by Gasteiger charge is -2.33. The van der Waals surface area contributed by atoms with Crippen LogP contribution in [0.1, 0.15) is 53.0 Å². The van der Waals surface area contributed by atoms with Gasteiger partial charge < -0.3 is 24.5 Å². The maximum absolute atomic E-state index is 10.9. The third-order valence-electron chi connectivity index (χ3n) is 6.02. The highest BCUT2D eigenvalue weighted by molar-refractivity contribution is 5.81. The quantitative estimate of drug-likeness (QED) is 0.435. The first-order valence-electron chi connectivity index (χ1n) is 11.7. The van der Waals surface area contributed by atoms with Crippen molar-refractivity contribution in [1.29, 1.82) is 0 Å². The first-order valence-corrected chi connectivity index (χ1v) is 11.7. The van der Waals surface area contributed by atoms with Gasteiger partial charge in [0.05, 0.1) is 17.1 Å². The average molecular weight is 452 g/mol. The number of carboxylic acid groups (broad SMARTS) is 1. The highest BCUT2D eigenvalue weighted by Gasteiger charge is 2.28. The normalized spacial score (nSPS) is 20.7. The van der Waals surface area contributed by atoms with E-state index in [1.807, 2.05) is 56.3 Å². The molecule has 0 radical (unpaired) electrons. The molecular formula is C26H33N3O4. The summed E-state index contributed by atoms with van der Waals surface area (Å²) in [5.74, 6) is 2.41. The standard InChI is InChI=1S/C26H33N3O4/c1-16(2)33-21-7-5-19(6-8-21)27-26-28-23-14-22(32-15-25(30)31)9-10-24(23)29(26)20-12-17(3)11-18(4)13-20/h5-10,14,16-18,20H,11-13,15H2,1-4H3,(H,27,28)(H,30,31). The van der Waals surface area contributed by atoms with Gasteiger partial charge in [-0.1, -0.05) is 13.8 Å². The van der Waals surface area contributed by atoms with Gasteiger partial charge in [-0.25, -0.2) is 9.78 Å². The monoisotopic (exact) mass is 451 g/mol. The van der Waals surface area contributed by atoms with E-state index in [9.17, 15) is 4.79 Å². The molecule has 0 aliphatic heterocycles. The summed E-state index contributed by atoms with van der Waals surface area (Å²) >= 11 is 0. The summed E-state index contributed by atoms with van der Waals surface area (Å²) in [6, 6.07) is 13.9. The number of carboxylic acids is 1. The molecule has 2 N–H and O–H groups in total. The second-order valence-electron chi connectivity index (χ2n) is 9.53. The van der Waals surface area contributed by atoms with E-state index < -0.39 is 5.97 Å². The second kappa shape index (κ2) is 9.73. The molecule has 0 saturated heterocycles. The second-order valence-corrected chi connectivity index (χ2v) is 9.53. The summed E-state index contributed by atoms with van der Waals surface area (Å²) < 4.78 is 13.4. The van der Waals surface area contributed by atoms with Crippen molar-refractivity contribution in [2.24, 2.45) is 11.8 Å². The van der Waals surface area contributed by atoms with Gasteiger partial charge in [0.25, 0.3) is 0 Å².